The van der Waals surface area contributed by atoms with E-state index >= 15 is 0 Å². The van der Waals surface area contributed by atoms with Crippen molar-refractivity contribution in [3.63, 3.8) is 0 Å². The van der Waals surface area contributed by atoms with E-state index in [0.717, 1.165) is 5.71 Å². The Kier molecular flexibility index (Phi) is 3.23. The minimum absolute atomic E-state index is 0.312. The summed E-state index contributed by atoms with van der Waals surface area (Å²) in [7, 11) is 1.63. The van der Waals surface area contributed by atoms with Gasteiger partial charge < -0.3 is 0 Å². The van der Waals surface area contributed by atoms with E-state index < -0.39 is 0 Å². The molecule has 0 atom stereocenters. The molecule has 3 heterocycles. The number of rotatable bonds is 3. The van der Waals surface area contributed by atoms with E-state index in [1.807, 2.05) is 11.5 Å². The number of aryl methyl sites for hydroxylation is 1. The van der Waals surface area contributed by atoms with E-state index in [9.17, 15) is 9.59 Å². The molecule has 3 rings (SSSR count). The molecular formula is C14H18N6O2. The molecule has 0 fully saturated rings. The van der Waals surface area contributed by atoms with Crippen molar-refractivity contribution in [2.75, 3.05) is 11.6 Å². The highest BCUT2D eigenvalue weighted by molar-refractivity contribution is 5.87. The molecule has 8 heteroatoms. The van der Waals surface area contributed by atoms with E-state index in [0.29, 0.717) is 36.7 Å². The number of imidazole rings is 1. The Labute approximate surface area is 126 Å². The van der Waals surface area contributed by atoms with E-state index in [4.69, 9.17) is 0 Å². The molecule has 1 aliphatic rings. The van der Waals surface area contributed by atoms with E-state index in [-0.39, 0.29) is 11.2 Å². The fraction of sp³-hybridized carbons (Fsp3) is 0.429. The third-order valence-corrected chi connectivity index (χ3v) is 3.74. The van der Waals surface area contributed by atoms with Gasteiger partial charge >= 0.3 is 5.69 Å². The highest BCUT2D eigenvalue weighted by Gasteiger charge is 2.25. The number of fused-ring (bicyclic) bond motifs is 3. The molecule has 0 spiro atoms. The Bertz CT molecular complexity index is 914. The van der Waals surface area contributed by atoms with Gasteiger partial charge in [0.05, 0.1) is 18.8 Å². The zero-order valence-corrected chi connectivity index (χ0v) is 12.9. The predicted molar refractivity (Wildman–Crippen MR) is 85.6 cm³/mol. The first-order chi connectivity index (χ1) is 10.5. The summed E-state index contributed by atoms with van der Waals surface area (Å²) in [5.74, 6) is 0.557. The molecular weight excluding hydrogens is 284 g/mol. The lowest BCUT2D eigenvalue weighted by molar-refractivity contribution is 0.634. The third kappa shape index (κ3) is 1.83. The van der Waals surface area contributed by atoms with E-state index in [2.05, 4.69) is 16.7 Å². The SMILES string of the molecule is C=CCN1N=C(C)Cn2c1nc1c2c(=O)n(CC)c(=O)n1C. The average Bonchev–Trinajstić information content (AvgIpc) is 2.85. The largest absolute Gasteiger partial charge is 0.332 e. The van der Waals surface area contributed by atoms with Crippen molar-refractivity contribution in [3.8, 4) is 0 Å². The molecule has 8 nitrogen and oxygen atoms in total. The fourth-order valence-corrected chi connectivity index (χ4v) is 2.74. The number of hydrazone groups is 1. The van der Waals surface area contributed by atoms with Gasteiger partial charge in [-0.05, 0) is 13.8 Å². The first-order valence-electron chi connectivity index (χ1n) is 7.12. The molecule has 0 amide bonds. The van der Waals surface area contributed by atoms with Crippen molar-refractivity contribution in [2.45, 2.75) is 26.9 Å². The second-order valence-corrected chi connectivity index (χ2v) is 5.27. The van der Waals surface area contributed by atoms with Crippen molar-refractivity contribution in [3.05, 3.63) is 33.5 Å². The van der Waals surface area contributed by atoms with Crippen LogP contribution in [0.1, 0.15) is 13.8 Å². The van der Waals surface area contributed by atoms with Crippen LogP contribution in [0.5, 0.6) is 0 Å². The maximum Gasteiger partial charge on any atom is 0.332 e. The standard InChI is InChI=1S/C14H18N6O2/c1-5-7-20-13-15-11-10(19(13)8-9(3)16-20)12(21)18(6-2)14(22)17(11)4/h5H,1,6-8H2,2-4H3. The molecule has 0 N–H and O–H groups in total. The Morgan fingerprint density at radius 1 is 1.36 bits per heavy atom. The highest BCUT2D eigenvalue weighted by atomic mass is 16.2. The molecule has 0 aromatic carbocycles. The Hall–Kier alpha value is -2.64. The van der Waals surface area contributed by atoms with Crippen LogP contribution in [-0.2, 0) is 20.1 Å². The van der Waals surface area contributed by atoms with Crippen molar-refractivity contribution in [1.29, 1.82) is 0 Å². The van der Waals surface area contributed by atoms with Crippen LogP contribution in [0, 0.1) is 0 Å². The number of hydrogen-bond donors (Lipinski definition) is 0. The van der Waals surface area contributed by atoms with Gasteiger partial charge in [-0.25, -0.2) is 9.80 Å². The van der Waals surface area contributed by atoms with Gasteiger partial charge in [-0.1, -0.05) is 6.08 Å². The number of aromatic nitrogens is 4. The Morgan fingerprint density at radius 3 is 2.73 bits per heavy atom. The molecule has 2 aromatic rings. The molecule has 116 valence electrons. The average molecular weight is 302 g/mol. The molecule has 0 bridgehead atoms. The van der Waals surface area contributed by atoms with Crippen LogP contribution >= 0.6 is 0 Å². The van der Waals surface area contributed by atoms with Crippen LogP contribution < -0.4 is 16.3 Å². The van der Waals surface area contributed by atoms with Crippen molar-refractivity contribution < 1.29 is 0 Å². The minimum Gasteiger partial charge on any atom is -0.297 e. The van der Waals surface area contributed by atoms with Gasteiger partial charge in [-0.2, -0.15) is 10.1 Å². The van der Waals surface area contributed by atoms with Gasteiger partial charge in [-0.3, -0.25) is 18.5 Å². The second-order valence-electron chi connectivity index (χ2n) is 5.27. The normalized spacial score (nSPS) is 14.1. The van der Waals surface area contributed by atoms with Gasteiger partial charge in [0.15, 0.2) is 11.2 Å². The lowest BCUT2D eigenvalue weighted by atomic mass is 10.4. The van der Waals surface area contributed by atoms with Crippen molar-refractivity contribution in [1.82, 2.24) is 18.7 Å². The van der Waals surface area contributed by atoms with Crippen LogP contribution in [-0.4, -0.2) is 30.9 Å². The van der Waals surface area contributed by atoms with E-state index in [1.54, 1.807) is 25.1 Å². The molecule has 0 radical (unpaired) electrons. The lowest BCUT2D eigenvalue weighted by Crippen LogP contribution is -2.39. The first kappa shape index (κ1) is 14.3. The van der Waals surface area contributed by atoms with Gasteiger partial charge in [0.1, 0.15) is 0 Å². The van der Waals surface area contributed by atoms with Crippen LogP contribution in [0.3, 0.4) is 0 Å². The molecule has 1 aliphatic heterocycles. The Balaban J connectivity index is 2.41. The summed E-state index contributed by atoms with van der Waals surface area (Å²) in [6, 6.07) is 0. The molecule has 0 unspecified atom stereocenters. The van der Waals surface area contributed by atoms with Gasteiger partial charge in [0.25, 0.3) is 5.56 Å². The summed E-state index contributed by atoms with van der Waals surface area (Å²) in [5.41, 5.74) is 1.01. The third-order valence-electron chi connectivity index (χ3n) is 3.74. The number of nitrogens with zero attached hydrogens (tertiary/aromatic N) is 6. The van der Waals surface area contributed by atoms with Gasteiger partial charge in [0, 0.05) is 13.6 Å². The van der Waals surface area contributed by atoms with Crippen molar-refractivity contribution in [2.24, 2.45) is 12.1 Å². The van der Waals surface area contributed by atoms with E-state index in [1.165, 1.54) is 9.13 Å². The maximum atomic E-state index is 12.6. The van der Waals surface area contributed by atoms with Crippen LogP contribution in [0.2, 0.25) is 0 Å². The van der Waals surface area contributed by atoms with Crippen LogP contribution in [0.25, 0.3) is 11.2 Å². The van der Waals surface area contributed by atoms with Crippen molar-refractivity contribution >= 4 is 22.8 Å². The van der Waals surface area contributed by atoms with Crippen LogP contribution in [0.15, 0.2) is 27.3 Å². The van der Waals surface area contributed by atoms with Crippen LogP contribution in [0.4, 0.5) is 5.95 Å². The minimum atomic E-state index is -0.358. The first-order valence-corrected chi connectivity index (χ1v) is 7.12. The molecule has 22 heavy (non-hydrogen) atoms. The highest BCUT2D eigenvalue weighted by Crippen LogP contribution is 2.23. The van der Waals surface area contributed by atoms with Gasteiger partial charge in [-0.15, -0.1) is 6.58 Å². The quantitative estimate of drug-likeness (QED) is 0.764. The predicted octanol–water partition coefficient (Wildman–Crippen LogP) is 0.298. The summed E-state index contributed by atoms with van der Waals surface area (Å²) in [6.45, 7) is 8.68. The zero-order valence-electron chi connectivity index (χ0n) is 12.9. The molecule has 0 saturated carbocycles. The molecule has 0 saturated heterocycles. The summed E-state index contributed by atoms with van der Waals surface area (Å²) >= 11 is 0. The monoisotopic (exact) mass is 302 g/mol. The van der Waals surface area contributed by atoms with Gasteiger partial charge in [0.2, 0.25) is 5.95 Å². The fourth-order valence-electron chi connectivity index (χ4n) is 2.74. The summed E-state index contributed by atoms with van der Waals surface area (Å²) in [6.07, 6.45) is 1.72. The topological polar surface area (TPSA) is 77.4 Å². The second kappa shape index (κ2) is 4.97. The summed E-state index contributed by atoms with van der Waals surface area (Å²) in [5, 5.41) is 6.12. The summed E-state index contributed by atoms with van der Waals surface area (Å²) in [4.78, 5) is 29.4. The Morgan fingerprint density at radius 2 is 2.09 bits per heavy atom. The number of hydrogen-bond acceptors (Lipinski definition) is 5. The smallest absolute Gasteiger partial charge is 0.297 e. The lowest BCUT2D eigenvalue weighted by Gasteiger charge is -2.23. The molecule has 2 aromatic heterocycles. The zero-order chi connectivity index (χ0) is 16.0. The maximum absolute atomic E-state index is 12.6. The summed E-state index contributed by atoms with van der Waals surface area (Å²) < 4.78 is 4.44. The molecule has 0 aliphatic carbocycles. The number of anilines is 1.